The highest BCUT2D eigenvalue weighted by atomic mass is 35.5. The highest BCUT2D eigenvalue weighted by molar-refractivity contribution is 7.98. The molecule has 0 spiro atoms. The van der Waals surface area contributed by atoms with Gasteiger partial charge in [0.05, 0.1) is 18.4 Å². The van der Waals surface area contributed by atoms with Crippen LogP contribution in [-0.2, 0) is 12.3 Å². The molecule has 0 radical (unpaired) electrons. The number of ether oxygens (including phenoxy) is 1. The third kappa shape index (κ3) is 4.29. The molecule has 1 aromatic carbocycles. The van der Waals surface area contributed by atoms with E-state index >= 15 is 0 Å². The maximum absolute atomic E-state index is 6.07. The molecule has 25 heavy (non-hydrogen) atoms. The zero-order valence-corrected chi connectivity index (χ0v) is 15.5. The van der Waals surface area contributed by atoms with Gasteiger partial charge in [-0.1, -0.05) is 36.7 Å². The van der Waals surface area contributed by atoms with Crippen LogP contribution in [-0.4, -0.2) is 42.5 Å². The number of aromatic nitrogens is 7. The number of rotatable bonds is 8. The lowest BCUT2D eigenvalue weighted by Crippen LogP contribution is -2.05. The fourth-order valence-corrected chi connectivity index (χ4v) is 3.14. The molecule has 132 valence electrons. The summed E-state index contributed by atoms with van der Waals surface area (Å²) in [5.74, 6) is 2.69. The molecule has 0 amide bonds. The van der Waals surface area contributed by atoms with E-state index in [1.807, 2.05) is 4.68 Å². The number of H-pyrrole nitrogens is 1. The number of unbranched alkanes of at least 4 members (excludes halogenated alkanes) is 1. The predicted octanol–water partition coefficient (Wildman–Crippen LogP) is 3.21. The molecular formula is C15H18ClN7OS. The Bertz CT molecular complexity index is 835. The van der Waals surface area contributed by atoms with Crippen LogP contribution in [0.25, 0.3) is 11.4 Å². The molecule has 0 aliphatic rings. The van der Waals surface area contributed by atoms with Crippen molar-refractivity contribution in [1.29, 1.82) is 0 Å². The van der Waals surface area contributed by atoms with Crippen molar-refractivity contribution in [2.75, 3.05) is 7.11 Å². The van der Waals surface area contributed by atoms with Gasteiger partial charge in [-0.15, -0.1) is 10.2 Å². The van der Waals surface area contributed by atoms with E-state index in [1.54, 1.807) is 25.3 Å². The maximum atomic E-state index is 6.07. The summed E-state index contributed by atoms with van der Waals surface area (Å²) in [4.78, 5) is 4.50. The molecule has 8 nitrogen and oxygen atoms in total. The molecule has 0 aliphatic heterocycles. The third-order valence-corrected chi connectivity index (χ3v) is 4.62. The van der Waals surface area contributed by atoms with Gasteiger partial charge >= 0.3 is 0 Å². The molecule has 2 heterocycles. The average molecular weight is 380 g/mol. The van der Waals surface area contributed by atoms with E-state index in [4.69, 9.17) is 16.3 Å². The largest absolute Gasteiger partial charge is 0.496 e. The second-order valence-corrected chi connectivity index (χ2v) is 6.65. The second kappa shape index (κ2) is 8.30. The smallest absolute Gasteiger partial charge is 0.209 e. The van der Waals surface area contributed by atoms with E-state index in [9.17, 15) is 0 Å². The van der Waals surface area contributed by atoms with Crippen molar-refractivity contribution in [3.05, 3.63) is 29.0 Å². The summed E-state index contributed by atoms with van der Waals surface area (Å²) >= 11 is 7.54. The van der Waals surface area contributed by atoms with Gasteiger partial charge in [0, 0.05) is 11.6 Å². The quantitative estimate of drug-likeness (QED) is 0.600. The second-order valence-electron chi connectivity index (χ2n) is 5.27. The number of benzene rings is 1. The molecule has 1 N–H and O–H groups in total. The highest BCUT2D eigenvalue weighted by Gasteiger charge is 2.13. The molecule has 3 rings (SSSR count). The van der Waals surface area contributed by atoms with Crippen molar-refractivity contribution in [3.8, 4) is 17.1 Å². The Hall–Kier alpha value is -2.13. The fourth-order valence-electron chi connectivity index (χ4n) is 2.23. The monoisotopic (exact) mass is 379 g/mol. The summed E-state index contributed by atoms with van der Waals surface area (Å²) in [7, 11) is 1.61. The summed E-state index contributed by atoms with van der Waals surface area (Å²) < 4.78 is 7.18. The predicted molar refractivity (Wildman–Crippen MR) is 95.7 cm³/mol. The standard InChI is InChI=1S/C15H18ClN7OS/c1-3-4-7-23-13(18-21-22-23)9-25-15-17-14(19-20-15)11-8-10(16)5-6-12(11)24-2/h5-6,8H,3-4,7,9H2,1-2H3,(H,17,19,20). The first-order chi connectivity index (χ1) is 12.2. The maximum Gasteiger partial charge on any atom is 0.209 e. The number of halogens is 1. The van der Waals surface area contributed by atoms with Crippen LogP contribution in [0.5, 0.6) is 5.75 Å². The van der Waals surface area contributed by atoms with E-state index in [2.05, 4.69) is 37.6 Å². The first-order valence-electron chi connectivity index (χ1n) is 7.85. The Morgan fingerprint density at radius 1 is 1.36 bits per heavy atom. The number of hydrogen-bond donors (Lipinski definition) is 1. The Balaban J connectivity index is 1.71. The van der Waals surface area contributed by atoms with Gasteiger partial charge in [0.1, 0.15) is 5.75 Å². The topological polar surface area (TPSA) is 94.4 Å². The van der Waals surface area contributed by atoms with Crippen molar-refractivity contribution in [2.45, 2.75) is 37.2 Å². The summed E-state index contributed by atoms with van der Waals surface area (Å²) in [6, 6.07) is 5.36. The first kappa shape index (κ1) is 17.7. The SMILES string of the molecule is CCCCn1nnnc1CSc1n[nH]c(-c2cc(Cl)ccc2OC)n1. The number of thioether (sulfide) groups is 1. The van der Waals surface area contributed by atoms with E-state index in [-0.39, 0.29) is 0 Å². The van der Waals surface area contributed by atoms with Crippen LogP contribution in [0.3, 0.4) is 0 Å². The van der Waals surface area contributed by atoms with Crippen molar-refractivity contribution in [1.82, 2.24) is 35.4 Å². The summed E-state index contributed by atoms with van der Waals surface area (Å²) in [5, 5.41) is 20.2. The minimum Gasteiger partial charge on any atom is -0.496 e. The number of hydrogen-bond acceptors (Lipinski definition) is 7. The van der Waals surface area contributed by atoms with Gasteiger partial charge < -0.3 is 4.74 Å². The lowest BCUT2D eigenvalue weighted by molar-refractivity contribution is 0.416. The van der Waals surface area contributed by atoms with Crippen LogP contribution >= 0.6 is 23.4 Å². The van der Waals surface area contributed by atoms with Gasteiger partial charge in [-0.2, -0.15) is 0 Å². The van der Waals surface area contributed by atoms with E-state index in [1.165, 1.54) is 11.8 Å². The number of aryl methyl sites for hydroxylation is 1. The summed E-state index contributed by atoms with van der Waals surface area (Å²) in [6.45, 7) is 2.95. The molecule has 2 aromatic heterocycles. The van der Waals surface area contributed by atoms with E-state index in [0.29, 0.717) is 27.5 Å². The Kier molecular flexibility index (Phi) is 5.87. The molecule has 3 aromatic rings. The van der Waals surface area contributed by atoms with Gasteiger partial charge in [0.2, 0.25) is 5.16 Å². The van der Waals surface area contributed by atoms with E-state index < -0.39 is 0 Å². The third-order valence-electron chi connectivity index (χ3n) is 3.54. The molecule has 10 heteroatoms. The Labute approximate surface area is 154 Å². The molecule has 0 saturated carbocycles. The lowest BCUT2D eigenvalue weighted by Gasteiger charge is -2.05. The van der Waals surface area contributed by atoms with Crippen molar-refractivity contribution < 1.29 is 4.74 Å². The van der Waals surface area contributed by atoms with Crippen LogP contribution in [0.4, 0.5) is 0 Å². The molecular weight excluding hydrogens is 362 g/mol. The minimum absolute atomic E-state index is 0.598. The van der Waals surface area contributed by atoms with Crippen molar-refractivity contribution in [3.63, 3.8) is 0 Å². The molecule has 0 atom stereocenters. The van der Waals surface area contributed by atoms with Gasteiger partial charge in [-0.25, -0.2) is 9.67 Å². The van der Waals surface area contributed by atoms with Gasteiger partial charge in [0.15, 0.2) is 11.6 Å². The average Bonchev–Trinajstić information content (AvgIpc) is 3.27. The van der Waals surface area contributed by atoms with Crippen LogP contribution in [0.2, 0.25) is 5.02 Å². The Morgan fingerprint density at radius 2 is 2.24 bits per heavy atom. The number of aromatic amines is 1. The van der Waals surface area contributed by atoms with Crippen LogP contribution in [0, 0.1) is 0 Å². The number of nitrogens with zero attached hydrogens (tertiary/aromatic N) is 6. The first-order valence-corrected chi connectivity index (χ1v) is 9.21. The minimum atomic E-state index is 0.598. The number of tetrazole rings is 1. The normalized spacial score (nSPS) is 11.0. The summed E-state index contributed by atoms with van der Waals surface area (Å²) in [5.41, 5.74) is 0.766. The van der Waals surface area contributed by atoms with Crippen LogP contribution in [0.15, 0.2) is 23.4 Å². The summed E-state index contributed by atoms with van der Waals surface area (Å²) in [6.07, 6.45) is 2.14. The molecule has 0 saturated heterocycles. The lowest BCUT2D eigenvalue weighted by atomic mass is 10.2. The molecule has 0 fully saturated rings. The molecule has 0 bridgehead atoms. The van der Waals surface area contributed by atoms with Crippen molar-refractivity contribution >= 4 is 23.4 Å². The van der Waals surface area contributed by atoms with Crippen LogP contribution in [0.1, 0.15) is 25.6 Å². The zero-order chi connectivity index (χ0) is 17.6. The fraction of sp³-hybridized carbons (Fsp3) is 0.400. The van der Waals surface area contributed by atoms with Gasteiger partial charge in [-0.3, -0.25) is 5.10 Å². The van der Waals surface area contributed by atoms with Crippen molar-refractivity contribution in [2.24, 2.45) is 0 Å². The Morgan fingerprint density at radius 3 is 3.04 bits per heavy atom. The van der Waals surface area contributed by atoms with E-state index in [0.717, 1.165) is 30.8 Å². The van der Waals surface area contributed by atoms with Crippen LogP contribution < -0.4 is 4.74 Å². The highest BCUT2D eigenvalue weighted by Crippen LogP contribution is 2.31. The number of methoxy groups -OCH3 is 1. The number of nitrogens with one attached hydrogen (secondary N) is 1. The molecule has 0 aliphatic carbocycles. The molecule has 0 unspecified atom stereocenters. The van der Waals surface area contributed by atoms with Gasteiger partial charge in [0.25, 0.3) is 0 Å². The zero-order valence-electron chi connectivity index (χ0n) is 13.9. The van der Waals surface area contributed by atoms with Gasteiger partial charge in [-0.05, 0) is 35.0 Å².